The molecule has 8 heteroatoms. The van der Waals surface area contributed by atoms with Crippen molar-refractivity contribution >= 4 is 44.0 Å². The number of sulfonamides is 1. The fraction of sp³-hybridized carbons (Fsp3) is 0.115. The fourth-order valence-electron chi connectivity index (χ4n) is 3.96. The molecule has 1 aliphatic heterocycles. The van der Waals surface area contributed by atoms with E-state index >= 15 is 0 Å². The van der Waals surface area contributed by atoms with Gasteiger partial charge < -0.3 is 10.1 Å². The minimum Gasteiger partial charge on any atom is -0.476 e. The highest BCUT2D eigenvalue weighted by molar-refractivity contribution is 7.92. The van der Waals surface area contributed by atoms with Crippen LogP contribution < -0.4 is 14.4 Å². The summed E-state index contributed by atoms with van der Waals surface area (Å²) in [6.07, 6.45) is -1.02. The molecule has 1 heterocycles. The third-order valence-corrected chi connectivity index (χ3v) is 7.72. The number of nitrogens with zero attached hydrogens (tertiary/aromatic N) is 1. The monoisotopic (exact) mass is 492 g/mol. The Morgan fingerprint density at radius 2 is 1.68 bits per heavy atom. The topological polar surface area (TPSA) is 75.7 Å². The number of carbonyl (C=O) groups is 1. The summed E-state index contributed by atoms with van der Waals surface area (Å²) in [4.78, 5) is 13.2. The Balaban J connectivity index is 1.40. The summed E-state index contributed by atoms with van der Waals surface area (Å²) in [5.74, 6) is -0.122. The smallest absolute Gasteiger partial charge is 0.264 e. The van der Waals surface area contributed by atoms with E-state index in [0.29, 0.717) is 17.3 Å². The van der Waals surface area contributed by atoms with Gasteiger partial charge in [0.1, 0.15) is 5.75 Å². The lowest BCUT2D eigenvalue weighted by molar-refractivity contribution is -0.127. The van der Waals surface area contributed by atoms with Crippen molar-refractivity contribution in [3.63, 3.8) is 0 Å². The number of halogens is 1. The number of anilines is 1. The van der Waals surface area contributed by atoms with Crippen LogP contribution >= 0.6 is 11.6 Å². The third-order valence-electron chi connectivity index (χ3n) is 5.69. The van der Waals surface area contributed by atoms with Crippen LogP contribution in [0.4, 0.5) is 5.69 Å². The minimum atomic E-state index is -3.94. The van der Waals surface area contributed by atoms with Crippen LogP contribution in [0.2, 0.25) is 5.02 Å². The zero-order chi connectivity index (χ0) is 23.7. The molecule has 1 N–H and O–H groups in total. The maximum absolute atomic E-state index is 13.4. The lowest BCUT2D eigenvalue weighted by atomic mass is 10.1. The van der Waals surface area contributed by atoms with Crippen LogP contribution in [0.3, 0.4) is 0 Å². The molecule has 34 heavy (non-hydrogen) atoms. The number of carbonyl (C=O) groups excluding carboxylic acids is 1. The van der Waals surface area contributed by atoms with Gasteiger partial charge in [0.2, 0.25) is 0 Å². The molecule has 6 nitrogen and oxygen atoms in total. The van der Waals surface area contributed by atoms with Gasteiger partial charge in [0, 0.05) is 11.6 Å². The molecule has 0 aliphatic carbocycles. The van der Waals surface area contributed by atoms with Crippen LogP contribution in [0.5, 0.6) is 5.75 Å². The largest absolute Gasteiger partial charge is 0.476 e. The maximum Gasteiger partial charge on any atom is 0.264 e. The van der Waals surface area contributed by atoms with E-state index < -0.39 is 22.0 Å². The average molecular weight is 493 g/mol. The average Bonchev–Trinajstić information content (AvgIpc) is 2.87. The van der Waals surface area contributed by atoms with Gasteiger partial charge in [-0.05, 0) is 52.7 Å². The van der Waals surface area contributed by atoms with Crippen molar-refractivity contribution in [2.45, 2.75) is 17.5 Å². The fourth-order valence-corrected chi connectivity index (χ4v) is 5.62. The summed E-state index contributed by atoms with van der Waals surface area (Å²) < 4.78 is 33.9. The van der Waals surface area contributed by atoms with E-state index in [-0.39, 0.29) is 17.2 Å². The third kappa shape index (κ3) is 4.32. The van der Waals surface area contributed by atoms with Gasteiger partial charge in [0.15, 0.2) is 6.10 Å². The minimum absolute atomic E-state index is 0.123. The van der Waals surface area contributed by atoms with Crippen molar-refractivity contribution in [3.8, 4) is 5.75 Å². The number of fused-ring (bicyclic) bond motifs is 2. The van der Waals surface area contributed by atoms with Gasteiger partial charge in [-0.1, -0.05) is 66.2 Å². The highest BCUT2D eigenvalue weighted by Gasteiger charge is 2.37. The molecule has 0 aromatic heterocycles. The number of benzene rings is 4. The van der Waals surface area contributed by atoms with E-state index in [1.54, 1.807) is 30.3 Å². The second-order valence-corrected chi connectivity index (χ2v) is 10.3. The van der Waals surface area contributed by atoms with Gasteiger partial charge in [-0.2, -0.15) is 0 Å². The molecule has 5 rings (SSSR count). The van der Waals surface area contributed by atoms with E-state index in [0.717, 1.165) is 16.3 Å². The molecule has 172 valence electrons. The molecular formula is C26H21ClN2O4S. The summed E-state index contributed by atoms with van der Waals surface area (Å²) in [6, 6.07) is 26.7. The summed E-state index contributed by atoms with van der Waals surface area (Å²) in [7, 11) is -3.94. The van der Waals surface area contributed by atoms with Gasteiger partial charge >= 0.3 is 0 Å². The Morgan fingerprint density at radius 3 is 2.47 bits per heavy atom. The molecule has 1 amide bonds. The van der Waals surface area contributed by atoms with E-state index in [2.05, 4.69) is 5.32 Å². The summed E-state index contributed by atoms with van der Waals surface area (Å²) in [5, 5.41) is 5.44. The number of rotatable bonds is 5. The Morgan fingerprint density at radius 1 is 0.941 bits per heavy atom. The normalized spacial score (nSPS) is 15.4. The molecule has 1 atom stereocenters. The number of amides is 1. The summed E-state index contributed by atoms with van der Waals surface area (Å²) in [6.45, 7) is 0.122. The van der Waals surface area contributed by atoms with E-state index in [4.69, 9.17) is 16.3 Å². The van der Waals surface area contributed by atoms with Gasteiger partial charge in [-0.25, -0.2) is 8.42 Å². The molecule has 0 fully saturated rings. The van der Waals surface area contributed by atoms with Crippen molar-refractivity contribution in [2.75, 3.05) is 10.8 Å². The Labute approximate surface area is 202 Å². The summed E-state index contributed by atoms with van der Waals surface area (Å²) >= 11 is 6.14. The van der Waals surface area contributed by atoms with Gasteiger partial charge in [-0.15, -0.1) is 0 Å². The predicted molar refractivity (Wildman–Crippen MR) is 133 cm³/mol. The maximum atomic E-state index is 13.4. The second kappa shape index (κ2) is 9.00. The molecule has 0 saturated carbocycles. The van der Waals surface area contributed by atoms with Crippen LogP contribution in [0.1, 0.15) is 5.56 Å². The van der Waals surface area contributed by atoms with Gasteiger partial charge in [0.05, 0.1) is 17.1 Å². The Hall–Kier alpha value is -3.55. The lowest BCUT2D eigenvalue weighted by Gasteiger charge is -2.34. The predicted octanol–water partition coefficient (Wildman–Crippen LogP) is 4.77. The van der Waals surface area contributed by atoms with Gasteiger partial charge in [-0.3, -0.25) is 9.10 Å². The van der Waals surface area contributed by atoms with Crippen LogP contribution in [-0.2, 0) is 21.4 Å². The Kier molecular flexibility index (Phi) is 5.89. The standard InChI is InChI=1S/C26H21ClN2O4S/c27-21-12-13-24-23(15-21)29(34(31,32)22-8-2-1-3-9-22)17-25(33-24)26(30)28-16-18-10-11-19-6-4-5-7-20(19)14-18/h1-15,25H,16-17H2,(H,28,30)/t25-/m0/s1. The zero-order valence-electron chi connectivity index (χ0n) is 18.0. The van der Waals surface area contributed by atoms with E-state index in [1.807, 2.05) is 42.5 Å². The SMILES string of the molecule is O=C(NCc1ccc2ccccc2c1)[C@@H]1CN(S(=O)(=O)c2ccccc2)c2cc(Cl)ccc2O1. The van der Waals surface area contributed by atoms with Gasteiger partial charge in [0.25, 0.3) is 15.9 Å². The molecule has 0 unspecified atom stereocenters. The summed E-state index contributed by atoms with van der Waals surface area (Å²) in [5.41, 5.74) is 1.23. The molecule has 0 bridgehead atoms. The van der Waals surface area contributed by atoms with Crippen LogP contribution in [0.25, 0.3) is 10.8 Å². The number of hydrogen-bond acceptors (Lipinski definition) is 4. The molecule has 4 aromatic carbocycles. The molecule has 0 saturated heterocycles. The first-order chi connectivity index (χ1) is 16.4. The molecule has 0 spiro atoms. The first-order valence-electron chi connectivity index (χ1n) is 10.7. The second-order valence-electron chi connectivity index (χ2n) is 7.97. The van der Waals surface area contributed by atoms with E-state index in [9.17, 15) is 13.2 Å². The van der Waals surface area contributed by atoms with E-state index in [1.165, 1.54) is 22.5 Å². The number of nitrogens with one attached hydrogen (secondary N) is 1. The quantitative estimate of drug-likeness (QED) is 0.435. The number of ether oxygens (including phenoxy) is 1. The van der Waals surface area contributed by atoms with Crippen molar-refractivity contribution in [1.29, 1.82) is 0 Å². The van der Waals surface area contributed by atoms with Crippen LogP contribution in [0, 0.1) is 0 Å². The van der Waals surface area contributed by atoms with Crippen molar-refractivity contribution in [3.05, 3.63) is 102 Å². The number of hydrogen-bond donors (Lipinski definition) is 1. The molecule has 4 aromatic rings. The highest BCUT2D eigenvalue weighted by atomic mass is 35.5. The molecule has 1 aliphatic rings. The lowest BCUT2D eigenvalue weighted by Crippen LogP contribution is -2.50. The Bertz CT molecular complexity index is 1470. The first kappa shape index (κ1) is 22.3. The molecule has 0 radical (unpaired) electrons. The van der Waals surface area contributed by atoms with Crippen molar-refractivity contribution in [1.82, 2.24) is 5.32 Å². The first-order valence-corrected chi connectivity index (χ1v) is 12.5. The van der Waals surface area contributed by atoms with Crippen LogP contribution in [-0.4, -0.2) is 27.0 Å². The highest BCUT2D eigenvalue weighted by Crippen LogP contribution is 2.38. The zero-order valence-corrected chi connectivity index (χ0v) is 19.6. The molecular weight excluding hydrogens is 472 g/mol. The van der Waals surface area contributed by atoms with Crippen LogP contribution in [0.15, 0.2) is 95.9 Å². The van der Waals surface area contributed by atoms with Crippen molar-refractivity contribution < 1.29 is 17.9 Å². The van der Waals surface area contributed by atoms with Crippen molar-refractivity contribution in [2.24, 2.45) is 0 Å².